The maximum atomic E-state index is 13.2. The standard InChI is InChI=1S/C23H18BrNO2/c24-17-11-13-18(14-12-17)25-21(15-10-16-6-2-1-3-7-16)22(26)19-8-4-5-9-20(19)23(25)27/h1-9,11-14,26H,10,15H2. The van der Waals surface area contributed by atoms with E-state index in [1.807, 2.05) is 54.6 Å². The van der Waals surface area contributed by atoms with Crippen molar-refractivity contribution in [2.24, 2.45) is 0 Å². The number of halogens is 1. The molecule has 0 unspecified atom stereocenters. The minimum Gasteiger partial charge on any atom is -0.505 e. The maximum Gasteiger partial charge on any atom is 0.263 e. The molecule has 0 radical (unpaired) electrons. The van der Waals surface area contributed by atoms with E-state index in [2.05, 4.69) is 28.1 Å². The molecule has 1 aromatic heterocycles. The largest absolute Gasteiger partial charge is 0.505 e. The van der Waals surface area contributed by atoms with E-state index in [1.54, 1.807) is 16.7 Å². The monoisotopic (exact) mass is 419 g/mol. The third-order valence-electron chi connectivity index (χ3n) is 4.74. The lowest BCUT2D eigenvalue weighted by Gasteiger charge is -2.17. The van der Waals surface area contributed by atoms with Gasteiger partial charge in [0.15, 0.2) is 0 Å². The average molecular weight is 420 g/mol. The Kier molecular flexibility index (Phi) is 4.82. The third kappa shape index (κ3) is 3.40. The summed E-state index contributed by atoms with van der Waals surface area (Å²) in [7, 11) is 0. The number of aryl methyl sites for hydroxylation is 1. The Balaban J connectivity index is 1.91. The molecule has 4 aromatic rings. The van der Waals surface area contributed by atoms with Crippen molar-refractivity contribution >= 4 is 26.7 Å². The first-order valence-electron chi connectivity index (χ1n) is 8.80. The Morgan fingerprint density at radius 1 is 0.778 bits per heavy atom. The van der Waals surface area contributed by atoms with Gasteiger partial charge in [0, 0.05) is 15.5 Å². The molecule has 3 nitrogen and oxygen atoms in total. The molecule has 3 aromatic carbocycles. The van der Waals surface area contributed by atoms with Gasteiger partial charge >= 0.3 is 0 Å². The van der Waals surface area contributed by atoms with Crippen LogP contribution in [0.4, 0.5) is 0 Å². The van der Waals surface area contributed by atoms with Gasteiger partial charge in [0.25, 0.3) is 5.56 Å². The van der Waals surface area contributed by atoms with Crippen LogP contribution in [0.2, 0.25) is 0 Å². The molecule has 0 aliphatic heterocycles. The lowest BCUT2D eigenvalue weighted by atomic mass is 10.0. The van der Waals surface area contributed by atoms with Crippen LogP contribution >= 0.6 is 15.9 Å². The molecule has 134 valence electrons. The minimum absolute atomic E-state index is 0.117. The lowest BCUT2D eigenvalue weighted by molar-refractivity contribution is 0.466. The second-order valence-electron chi connectivity index (χ2n) is 6.44. The smallest absolute Gasteiger partial charge is 0.263 e. The van der Waals surface area contributed by atoms with Crippen LogP contribution in [-0.4, -0.2) is 9.67 Å². The topological polar surface area (TPSA) is 42.2 Å². The summed E-state index contributed by atoms with van der Waals surface area (Å²) in [5.74, 6) is 0.170. The Bertz CT molecular complexity index is 1150. The number of hydrogen-bond acceptors (Lipinski definition) is 2. The van der Waals surface area contributed by atoms with Gasteiger partial charge in [0.2, 0.25) is 0 Å². The zero-order valence-corrected chi connectivity index (χ0v) is 16.2. The molecule has 0 aliphatic rings. The molecule has 1 heterocycles. The van der Waals surface area contributed by atoms with Crippen LogP contribution in [0.15, 0.2) is 88.1 Å². The Hall–Kier alpha value is -2.85. The number of pyridine rings is 1. The van der Waals surface area contributed by atoms with Gasteiger partial charge in [-0.1, -0.05) is 64.5 Å². The third-order valence-corrected chi connectivity index (χ3v) is 5.27. The first kappa shape index (κ1) is 17.6. The Labute approximate surface area is 165 Å². The number of hydrogen-bond donors (Lipinski definition) is 1. The zero-order valence-electron chi connectivity index (χ0n) is 14.6. The van der Waals surface area contributed by atoms with Crippen LogP contribution in [0.3, 0.4) is 0 Å². The highest BCUT2D eigenvalue weighted by Crippen LogP contribution is 2.29. The number of nitrogens with zero attached hydrogens (tertiary/aromatic N) is 1. The van der Waals surface area contributed by atoms with Gasteiger partial charge in [-0.15, -0.1) is 0 Å². The van der Waals surface area contributed by atoms with Gasteiger partial charge in [-0.25, -0.2) is 0 Å². The highest BCUT2D eigenvalue weighted by Gasteiger charge is 2.17. The average Bonchev–Trinajstić information content (AvgIpc) is 2.71. The van der Waals surface area contributed by atoms with Crippen LogP contribution in [-0.2, 0) is 12.8 Å². The van der Waals surface area contributed by atoms with E-state index >= 15 is 0 Å². The molecule has 0 saturated carbocycles. The van der Waals surface area contributed by atoms with Crippen molar-refractivity contribution in [3.63, 3.8) is 0 Å². The molecule has 0 bridgehead atoms. The summed E-state index contributed by atoms with van der Waals surface area (Å²) in [5, 5.41) is 12.1. The van der Waals surface area contributed by atoms with Crippen LogP contribution in [0.1, 0.15) is 11.3 Å². The van der Waals surface area contributed by atoms with Crippen molar-refractivity contribution in [1.29, 1.82) is 0 Å². The Morgan fingerprint density at radius 3 is 2.11 bits per heavy atom. The molecule has 4 heteroatoms. The van der Waals surface area contributed by atoms with E-state index in [0.717, 1.165) is 16.6 Å². The van der Waals surface area contributed by atoms with E-state index in [4.69, 9.17) is 0 Å². The molecule has 0 amide bonds. The van der Waals surface area contributed by atoms with E-state index < -0.39 is 0 Å². The van der Waals surface area contributed by atoms with Crippen molar-refractivity contribution in [3.05, 3.63) is 105 Å². The summed E-state index contributed by atoms with van der Waals surface area (Å²) in [4.78, 5) is 13.2. The highest BCUT2D eigenvalue weighted by molar-refractivity contribution is 9.10. The Morgan fingerprint density at radius 2 is 1.41 bits per heavy atom. The van der Waals surface area contributed by atoms with Crippen molar-refractivity contribution in [2.75, 3.05) is 0 Å². The summed E-state index contributed by atoms with van der Waals surface area (Å²) >= 11 is 3.43. The molecule has 0 spiro atoms. The van der Waals surface area contributed by atoms with Crippen LogP contribution < -0.4 is 5.56 Å². The highest BCUT2D eigenvalue weighted by atomic mass is 79.9. The van der Waals surface area contributed by atoms with Crippen molar-refractivity contribution in [1.82, 2.24) is 4.57 Å². The molecule has 0 aliphatic carbocycles. The minimum atomic E-state index is -0.117. The van der Waals surface area contributed by atoms with Crippen molar-refractivity contribution in [2.45, 2.75) is 12.8 Å². The zero-order chi connectivity index (χ0) is 18.8. The molecular formula is C23H18BrNO2. The van der Waals surface area contributed by atoms with E-state index in [9.17, 15) is 9.90 Å². The molecule has 0 saturated heterocycles. The number of aromatic hydroxyl groups is 1. The van der Waals surface area contributed by atoms with Crippen molar-refractivity contribution < 1.29 is 5.11 Å². The molecule has 0 fully saturated rings. The van der Waals surface area contributed by atoms with Gasteiger partial charge in [0.05, 0.1) is 11.1 Å². The second-order valence-corrected chi connectivity index (χ2v) is 7.36. The predicted molar refractivity (Wildman–Crippen MR) is 113 cm³/mol. The molecule has 0 atom stereocenters. The molecule has 27 heavy (non-hydrogen) atoms. The summed E-state index contributed by atoms with van der Waals surface area (Å²) in [5.41, 5.74) is 2.42. The van der Waals surface area contributed by atoms with Crippen LogP contribution in [0.25, 0.3) is 16.5 Å². The van der Waals surface area contributed by atoms with Crippen LogP contribution in [0, 0.1) is 0 Å². The lowest BCUT2D eigenvalue weighted by Crippen LogP contribution is -2.23. The fourth-order valence-corrected chi connectivity index (χ4v) is 3.65. The summed E-state index contributed by atoms with van der Waals surface area (Å²) in [6, 6.07) is 24.9. The van der Waals surface area contributed by atoms with Crippen molar-refractivity contribution in [3.8, 4) is 11.4 Å². The van der Waals surface area contributed by atoms with E-state index in [-0.39, 0.29) is 11.3 Å². The van der Waals surface area contributed by atoms with Gasteiger partial charge in [-0.05, 0) is 48.7 Å². The van der Waals surface area contributed by atoms with E-state index in [0.29, 0.717) is 22.9 Å². The number of aromatic nitrogens is 1. The van der Waals surface area contributed by atoms with Gasteiger partial charge in [-0.3, -0.25) is 9.36 Å². The predicted octanol–water partition coefficient (Wildman–Crippen LogP) is 5.24. The fraction of sp³-hybridized carbons (Fsp3) is 0.0870. The van der Waals surface area contributed by atoms with Gasteiger partial charge < -0.3 is 5.11 Å². The number of fused-ring (bicyclic) bond motifs is 1. The summed E-state index contributed by atoms with van der Waals surface area (Å²) in [6.45, 7) is 0. The van der Waals surface area contributed by atoms with Gasteiger partial charge in [0.1, 0.15) is 5.75 Å². The summed E-state index contributed by atoms with van der Waals surface area (Å²) in [6.07, 6.45) is 1.30. The van der Waals surface area contributed by atoms with Gasteiger partial charge in [-0.2, -0.15) is 0 Å². The first-order valence-corrected chi connectivity index (χ1v) is 9.60. The SMILES string of the molecule is O=c1c2ccccc2c(O)c(CCc2ccccc2)n1-c1ccc(Br)cc1. The van der Waals surface area contributed by atoms with Crippen LogP contribution in [0.5, 0.6) is 5.75 Å². The quantitative estimate of drug-likeness (QED) is 0.491. The summed E-state index contributed by atoms with van der Waals surface area (Å²) < 4.78 is 2.57. The first-order chi connectivity index (χ1) is 13.1. The number of rotatable bonds is 4. The second kappa shape index (κ2) is 7.41. The molecule has 1 N–H and O–H groups in total. The molecular weight excluding hydrogens is 402 g/mol. The maximum absolute atomic E-state index is 13.2. The fourth-order valence-electron chi connectivity index (χ4n) is 3.38. The number of benzene rings is 3. The molecule has 4 rings (SSSR count). The normalized spacial score (nSPS) is 11.0. The van der Waals surface area contributed by atoms with E-state index in [1.165, 1.54) is 5.56 Å².